The van der Waals surface area contributed by atoms with Crippen molar-refractivity contribution in [2.45, 2.75) is 18.4 Å². The number of rotatable bonds is 2. The predicted octanol–water partition coefficient (Wildman–Crippen LogP) is 1.81. The summed E-state index contributed by atoms with van der Waals surface area (Å²) in [5.74, 6) is 0.740. The minimum atomic E-state index is -0.295. The monoisotopic (exact) mass is 237 g/mol. The lowest BCUT2D eigenvalue weighted by Crippen LogP contribution is -2.19. The lowest BCUT2D eigenvalue weighted by molar-refractivity contribution is 0.405. The zero-order valence-corrected chi connectivity index (χ0v) is 9.60. The smallest absolute Gasteiger partial charge is 0.396 e. The molecule has 1 saturated carbocycles. The molecular formula is C11H11NO3S. The molecule has 0 unspecified atom stereocenters. The average molecular weight is 237 g/mol. The fraction of sp³-hybridized carbons (Fsp3) is 0.364. The van der Waals surface area contributed by atoms with Crippen LogP contribution in [0.1, 0.15) is 18.4 Å². The molecule has 1 aromatic carbocycles. The van der Waals surface area contributed by atoms with Crippen molar-refractivity contribution in [3.8, 4) is 5.75 Å². The molecule has 1 fully saturated rings. The molecule has 5 heteroatoms. The van der Waals surface area contributed by atoms with Crippen molar-refractivity contribution in [1.29, 1.82) is 0 Å². The molecule has 0 amide bonds. The molecule has 1 aliphatic rings. The van der Waals surface area contributed by atoms with Crippen molar-refractivity contribution < 1.29 is 9.15 Å². The first-order valence-electron chi connectivity index (χ1n) is 5.03. The summed E-state index contributed by atoms with van der Waals surface area (Å²) in [5, 5.41) is 0. The van der Waals surface area contributed by atoms with Crippen molar-refractivity contribution in [3.63, 3.8) is 0 Å². The van der Waals surface area contributed by atoms with Gasteiger partial charge in [0.25, 0.3) is 0 Å². The van der Waals surface area contributed by atoms with Crippen LogP contribution in [0.25, 0.3) is 10.3 Å². The average Bonchev–Trinajstić information content (AvgIpc) is 2.89. The first kappa shape index (κ1) is 9.86. The molecule has 0 atom stereocenters. The molecule has 0 saturated heterocycles. The molecular weight excluding hydrogens is 226 g/mol. The second-order valence-corrected chi connectivity index (χ2v) is 5.09. The third kappa shape index (κ3) is 1.36. The van der Waals surface area contributed by atoms with E-state index in [9.17, 15) is 4.79 Å². The van der Waals surface area contributed by atoms with Crippen LogP contribution in [-0.2, 0) is 5.54 Å². The van der Waals surface area contributed by atoms with Gasteiger partial charge in [0.2, 0.25) is 0 Å². The third-order valence-corrected chi connectivity index (χ3v) is 3.77. The van der Waals surface area contributed by atoms with Crippen LogP contribution in [-0.4, -0.2) is 7.11 Å². The standard InChI is InChI=1S/C11H11NO3S/c1-14-7-5-9-8(15-10(13)16-9)4-6(7)11(12)2-3-11/h4-5H,2-3,12H2,1H3. The molecule has 84 valence electrons. The molecule has 2 N–H and O–H groups in total. The van der Waals surface area contributed by atoms with Gasteiger partial charge in [0, 0.05) is 17.2 Å². The highest BCUT2D eigenvalue weighted by Gasteiger charge is 2.42. The first-order chi connectivity index (χ1) is 7.62. The third-order valence-electron chi connectivity index (χ3n) is 2.98. The Bertz CT molecular complexity index is 609. The summed E-state index contributed by atoms with van der Waals surface area (Å²) in [5.41, 5.74) is 7.39. The Labute approximate surface area is 95.6 Å². The Morgan fingerprint density at radius 1 is 1.50 bits per heavy atom. The summed E-state index contributed by atoms with van der Waals surface area (Å²) >= 11 is 1.08. The van der Waals surface area contributed by atoms with Gasteiger partial charge < -0.3 is 14.9 Å². The van der Waals surface area contributed by atoms with E-state index in [0.717, 1.165) is 40.2 Å². The van der Waals surface area contributed by atoms with Gasteiger partial charge in [-0.15, -0.1) is 0 Å². The van der Waals surface area contributed by atoms with Crippen molar-refractivity contribution in [2.24, 2.45) is 5.73 Å². The summed E-state index contributed by atoms with van der Waals surface area (Å²) in [4.78, 5) is 10.8. The van der Waals surface area contributed by atoms with Gasteiger partial charge in [-0.2, -0.15) is 0 Å². The van der Waals surface area contributed by atoms with Crippen LogP contribution in [0.4, 0.5) is 0 Å². The molecule has 0 bridgehead atoms. The Morgan fingerprint density at radius 3 is 2.88 bits per heavy atom. The number of methoxy groups -OCH3 is 1. The molecule has 0 spiro atoms. The molecule has 4 nitrogen and oxygen atoms in total. The predicted molar refractivity (Wildman–Crippen MR) is 62.0 cm³/mol. The summed E-state index contributed by atoms with van der Waals surface area (Å²) in [6, 6.07) is 3.66. The van der Waals surface area contributed by atoms with Crippen LogP contribution in [0.2, 0.25) is 0 Å². The second-order valence-electron chi connectivity index (χ2n) is 4.11. The maximum absolute atomic E-state index is 11.1. The van der Waals surface area contributed by atoms with E-state index >= 15 is 0 Å². The van der Waals surface area contributed by atoms with E-state index in [2.05, 4.69) is 0 Å². The van der Waals surface area contributed by atoms with Gasteiger partial charge in [-0.25, -0.2) is 4.79 Å². The van der Waals surface area contributed by atoms with Crippen LogP contribution in [0.3, 0.4) is 0 Å². The van der Waals surface area contributed by atoms with E-state index in [1.807, 2.05) is 12.1 Å². The van der Waals surface area contributed by atoms with Gasteiger partial charge in [0.1, 0.15) is 11.3 Å². The Balaban J connectivity index is 2.29. The van der Waals surface area contributed by atoms with Gasteiger partial charge in [-0.05, 0) is 18.9 Å². The summed E-state index contributed by atoms with van der Waals surface area (Å²) < 4.78 is 11.2. The maximum Gasteiger partial charge on any atom is 0.396 e. The van der Waals surface area contributed by atoms with Crippen molar-refractivity contribution in [1.82, 2.24) is 0 Å². The van der Waals surface area contributed by atoms with Gasteiger partial charge in [0.15, 0.2) is 0 Å². The minimum Gasteiger partial charge on any atom is -0.496 e. The van der Waals surface area contributed by atoms with E-state index in [4.69, 9.17) is 14.9 Å². The number of fused-ring (bicyclic) bond motifs is 1. The van der Waals surface area contributed by atoms with Crippen molar-refractivity contribution >= 4 is 21.6 Å². The van der Waals surface area contributed by atoms with Gasteiger partial charge in [0.05, 0.1) is 11.8 Å². The number of hydrogen-bond acceptors (Lipinski definition) is 5. The van der Waals surface area contributed by atoms with Gasteiger partial charge >= 0.3 is 4.94 Å². The largest absolute Gasteiger partial charge is 0.496 e. The van der Waals surface area contributed by atoms with Crippen LogP contribution in [0.15, 0.2) is 21.3 Å². The normalized spacial score (nSPS) is 17.6. The fourth-order valence-electron chi connectivity index (χ4n) is 1.86. The quantitative estimate of drug-likeness (QED) is 0.865. The Hall–Kier alpha value is -1.33. The molecule has 0 aliphatic heterocycles. The highest BCUT2D eigenvalue weighted by molar-refractivity contribution is 7.16. The molecule has 1 aliphatic carbocycles. The molecule has 1 aromatic heterocycles. The summed E-state index contributed by atoms with van der Waals surface area (Å²) in [6.45, 7) is 0. The van der Waals surface area contributed by atoms with Crippen molar-refractivity contribution in [2.75, 3.05) is 7.11 Å². The fourth-order valence-corrected chi connectivity index (χ4v) is 2.54. The zero-order chi connectivity index (χ0) is 11.3. The lowest BCUT2D eigenvalue weighted by atomic mass is 10.0. The van der Waals surface area contributed by atoms with Crippen LogP contribution < -0.4 is 15.4 Å². The first-order valence-corrected chi connectivity index (χ1v) is 5.85. The second kappa shape index (κ2) is 3.09. The SMILES string of the molecule is COc1cc2sc(=O)oc2cc1C1(N)CC1. The van der Waals surface area contributed by atoms with Crippen molar-refractivity contribution in [3.05, 3.63) is 27.4 Å². The molecule has 2 aromatic rings. The van der Waals surface area contributed by atoms with E-state index in [1.165, 1.54) is 0 Å². The Kier molecular flexibility index (Phi) is 1.90. The van der Waals surface area contributed by atoms with Crippen LogP contribution >= 0.6 is 11.3 Å². The highest BCUT2D eigenvalue weighted by Crippen LogP contribution is 2.47. The number of benzene rings is 1. The van der Waals surface area contributed by atoms with Crippen LogP contribution in [0, 0.1) is 0 Å². The highest BCUT2D eigenvalue weighted by atomic mass is 32.1. The van der Waals surface area contributed by atoms with Gasteiger partial charge in [-0.1, -0.05) is 11.3 Å². The topological polar surface area (TPSA) is 65.5 Å². The lowest BCUT2D eigenvalue weighted by Gasteiger charge is -2.13. The molecule has 0 radical (unpaired) electrons. The van der Waals surface area contributed by atoms with E-state index < -0.39 is 0 Å². The molecule has 1 heterocycles. The summed E-state index contributed by atoms with van der Waals surface area (Å²) in [6.07, 6.45) is 1.90. The van der Waals surface area contributed by atoms with Crippen LogP contribution in [0.5, 0.6) is 5.75 Å². The zero-order valence-electron chi connectivity index (χ0n) is 8.78. The number of nitrogens with two attached hydrogens (primary N) is 1. The number of hydrogen-bond donors (Lipinski definition) is 1. The van der Waals surface area contributed by atoms with E-state index in [0.29, 0.717) is 5.58 Å². The van der Waals surface area contributed by atoms with E-state index in [1.54, 1.807) is 7.11 Å². The summed E-state index contributed by atoms with van der Waals surface area (Å²) in [7, 11) is 1.61. The molecule has 3 rings (SSSR count). The van der Waals surface area contributed by atoms with E-state index in [-0.39, 0.29) is 10.5 Å². The molecule has 16 heavy (non-hydrogen) atoms. The number of ether oxygens (including phenoxy) is 1. The maximum atomic E-state index is 11.1. The minimum absolute atomic E-state index is 0.292. The van der Waals surface area contributed by atoms with Gasteiger partial charge in [-0.3, -0.25) is 0 Å². The Morgan fingerprint density at radius 2 is 2.25 bits per heavy atom.